The minimum atomic E-state index is 0.484. The van der Waals surface area contributed by atoms with Crippen LogP contribution in [0.2, 0.25) is 5.02 Å². The van der Waals surface area contributed by atoms with Crippen molar-refractivity contribution in [3.05, 3.63) is 29.5 Å². The topological polar surface area (TPSA) is 68.3 Å². The van der Waals surface area contributed by atoms with E-state index in [1.54, 1.807) is 26.4 Å². The van der Waals surface area contributed by atoms with Crippen LogP contribution in [0.25, 0.3) is 0 Å². The van der Waals surface area contributed by atoms with E-state index < -0.39 is 0 Å². The first-order valence-corrected chi connectivity index (χ1v) is 7.30. The van der Waals surface area contributed by atoms with Gasteiger partial charge in [-0.05, 0) is 6.42 Å². The molecular formula is C15H19ClN4O2. The van der Waals surface area contributed by atoms with E-state index in [0.717, 1.165) is 18.8 Å². The lowest BCUT2D eigenvalue weighted by atomic mass is 10.2. The maximum atomic E-state index is 6.10. The fraction of sp³-hybridized carbons (Fsp3) is 0.333. The molecule has 118 valence electrons. The molecule has 0 bridgehead atoms. The fourth-order valence-corrected chi connectivity index (χ4v) is 2.10. The van der Waals surface area contributed by atoms with Crippen molar-refractivity contribution in [2.75, 3.05) is 31.4 Å². The molecule has 0 fully saturated rings. The Hall–Kier alpha value is -2.21. The van der Waals surface area contributed by atoms with Gasteiger partial charge >= 0.3 is 0 Å². The fourth-order valence-electron chi connectivity index (χ4n) is 1.87. The summed E-state index contributed by atoms with van der Waals surface area (Å²) in [5, 5.41) is 6.88. The predicted octanol–water partition coefficient (Wildman–Crippen LogP) is 3.71. The van der Waals surface area contributed by atoms with E-state index in [0.29, 0.717) is 28.0 Å². The molecule has 0 atom stereocenters. The Kier molecular flexibility index (Phi) is 5.66. The van der Waals surface area contributed by atoms with E-state index in [4.69, 9.17) is 21.1 Å². The quantitative estimate of drug-likeness (QED) is 0.810. The zero-order valence-electron chi connectivity index (χ0n) is 12.8. The van der Waals surface area contributed by atoms with Crippen LogP contribution < -0.4 is 20.1 Å². The molecule has 0 aliphatic heterocycles. The lowest BCUT2D eigenvalue weighted by Crippen LogP contribution is -2.04. The van der Waals surface area contributed by atoms with Gasteiger partial charge in [0.1, 0.15) is 29.5 Å². The molecule has 7 heteroatoms. The zero-order valence-corrected chi connectivity index (χ0v) is 13.6. The summed E-state index contributed by atoms with van der Waals surface area (Å²) >= 11 is 6.10. The molecular weight excluding hydrogens is 304 g/mol. The van der Waals surface area contributed by atoms with E-state index in [-0.39, 0.29) is 0 Å². The number of nitrogens with zero attached hydrogens (tertiary/aromatic N) is 2. The number of rotatable bonds is 7. The summed E-state index contributed by atoms with van der Waals surface area (Å²) in [7, 11) is 3.15. The largest absolute Gasteiger partial charge is 0.495 e. The Labute approximate surface area is 134 Å². The highest BCUT2D eigenvalue weighted by Gasteiger charge is 2.11. The van der Waals surface area contributed by atoms with Crippen molar-refractivity contribution in [3.63, 3.8) is 0 Å². The van der Waals surface area contributed by atoms with E-state index in [1.165, 1.54) is 6.33 Å². The van der Waals surface area contributed by atoms with Gasteiger partial charge in [0.25, 0.3) is 0 Å². The van der Waals surface area contributed by atoms with Crippen LogP contribution >= 0.6 is 11.6 Å². The Morgan fingerprint density at radius 2 is 1.77 bits per heavy atom. The molecule has 6 nitrogen and oxygen atoms in total. The summed E-state index contributed by atoms with van der Waals surface area (Å²) in [6.45, 7) is 2.95. The monoisotopic (exact) mass is 322 g/mol. The highest BCUT2D eigenvalue weighted by Crippen LogP contribution is 2.37. The minimum absolute atomic E-state index is 0.484. The lowest BCUT2D eigenvalue weighted by molar-refractivity contribution is 0.405. The third-order valence-electron chi connectivity index (χ3n) is 2.96. The highest BCUT2D eigenvalue weighted by molar-refractivity contribution is 6.32. The number of anilines is 3. The number of halogens is 1. The number of aromatic nitrogens is 2. The molecule has 1 aromatic carbocycles. The lowest BCUT2D eigenvalue weighted by Gasteiger charge is -2.14. The standard InChI is InChI=1S/C15H19ClN4O2/c1-4-5-17-14-8-15(19-9-18-14)20-11-7-12(21-2)10(16)6-13(11)22-3/h6-9H,4-5H2,1-3H3,(H2,17,18,19,20). The number of benzene rings is 1. The van der Waals surface area contributed by atoms with Crippen LogP contribution in [-0.4, -0.2) is 30.7 Å². The Morgan fingerprint density at radius 1 is 1.05 bits per heavy atom. The van der Waals surface area contributed by atoms with Crippen LogP contribution in [-0.2, 0) is 0 Å². The normalized spacial score (nSPS) is 10.2. The van der Waals surface area contributed by atoms with Crippen molar-refractivity contribution in [1.29, 1.82) is 0 Å². The number of ether oxygens (including phenoxy) is 2. The molecule has 0 aliphatic carbocycles. The van der Waals surface area contributed by atoms with Crippen molar-refractivity contribution >= 4 is 28.9 Å². The van der Waals surface area contributed by atoms with Crippen molar-refractivity contribution in [1.82, 2.24) is 9.97 Å². The summed E-state index contributed by atoms with van der Waals surface area (Å²) in [5.41, 5.74) is 0.712. The van der Waals surface area contributed by atoms with E-state index in [1.807, 2.05) is 6.07 Å². The van der Waals surface area contributed by atoms with Gasteiger partial charge in [-0.15, -0.1) is 0 Å². The highest BCUT2D eigenvalue weighted by atomic mass is 35.5. The Morgan fingerprint density at radius 3 is 2.45 bits per heavy atom. The van der Waals surface area contributed by atoms with Crippen molar-refractivity contribution < 1.29 is 9.47 Å². The molecule has 0 unspecified atom stereocenters. The van der Waals surface area contributed by atoms with E-state index in [9.17, 15) is 0 Å². The molecule has 2 rings (SSSR count). The first-order chi connectivity index (χ1) is 10.7. The molecule has 0 saturated heterocycles. The Bertz CT molecular complexity index is 637. The van der Waals surface area contributed by atoms with Gasteiger partial charge in [0.2, 0.25) is 0 Å². The first-order valence-electron chi connectivity index (χ1n) is 6.92. The number of hydrogen-bond donors (Lipinski definition) is 2. The van der Waals surface area contributed by atoms with Crippen LogP contribution in [0.1, 0.15) is 13.3 Å². The van der Waals surface area contributed by atoms with Gasteiger partial charge < -0.3 is 20.1 Å². The second kappa shape index (κ2) is 7.70. The van der Waals surface area contributed by atoms with Crippen molar-refractivity contribution in [2.45, 2.75) is 13.3 Å². The van der Waals surface area contributed by atoms with Crippen molar-refractivity contribution in [3.8, 4) is 11.5 Å². The first kappa shape index (κ1) is 16.2. The summed E-state index contributed by atoms with van der Waals surface area (Å²) in [6.07, 6.45) is 2.52. The molecule has 0 spiro atoms. The molecule has 22 heavy (non-hydrogen) atoms. The third-order valence-corrected chi connectivity index (χ3v) is 3.26. The Balaban J connectivity index is 2.26. The van der Waals surface area contributed by atoms with Gasteiger partial charge in [-0.2, -0.15) is 0 Å². The molecule has 2 N–H and O–H groups in total. The summed E-state index contributed by atoms with van der Waals surface area (Å²) in [6, 6.07) is 5.29. The molecule has 0 saturated carbocycles. The van der Waals surface area contributed by atoms with Crippen LogP contribution in [0.4, 0.5) is 17.3 Å². The summed E-state index contributed by atoms with van der Waals surface area (Å²) < 4.78 is 10.6. The number of nitrogens with one attached hydrogen (secondary N) is 2. The average Bonchev–Trinajstić information content (AvgIpc) is 2.54. The summed E-state index contributed by atoms with van der Waals surface area (Å²) in [5.74, 6) is 2.58. The molecule has 0 aliphatic rings. The van der Waals surface area contributed by atoms with Gasteiger partial charge in [0.15, 0.2) is 0 Å². The van der Waals surface area contributed by atoms with Gasteiger partial charge in [-0.1, -0.05) is 18.5 Å². The van der Waals surface area contributed by atoms with Gasteiger partial charge in [0, 0.05) is 24.7 Å². The molecule has 0 amide bonds. The third kappa shape index (κ3) is 3.92. The number of methoxy groups -OCH3 is 2. The maximum Gasteiger partial charge on any atom is 0.144 e. The van der Waals surface area contributed by atoms with Crippen LogP contribution in [0.5, 0.6) is 11.5 Å². The molecule has 1 aromatic heterocycles. The van der Waals surface area contributed by atoms with Gasteiger partial charge in [-0.25, -0.2) is 9.97 Å². The summed E-state index contributed by atoms with van der Waals surface area (Å²) in [4.78, 5) is 8.37. The number of hydrogen-bond acceptors (Lipinski definition) is 6. The van der Waals surface area contributed by atoms with E-state index >= 15 is 0 Å². The second-order valence-electron chi connectivity index (χ2n) is 4.53. The molecule has 1 heterocycles. The smallest absolute Gasteiger partial charge is 0.144 e. The SMILES string of the molecule is CCCNc1cc(Nc2cc(OC)c(Cl)cc2OC)ncn1. The molecule has 0 radical (unpaired) electrons. The average molecular weight is 323 g/mol. The van der Waals surface area contributed by atoms with Crippen LogP contribution in [0.3, 0.4) is 0 Å². The predicted molar refractivity (Wildman–Crippen MR) is 88.7 cm³/mol. The maximum absolute atomic E-state index is 6.10. The van der Waals surface area contributed by atoms with Crippen molar-refractivity contribution in [2.24, 2.45) is 0 Å². The van der Waals surface area contributed by atoms with Crippen LogP contribution in [0, 0.1) is 0 Å². The zero-order chi connectivity index (χ0) is 15.9. The second-order valence-corrected chi connectivity index (χ2v) is 4.93. The van der Waals surface area contributed by atoms with E-state index in [2.05, 4.69) is 27.5 Å². The van der Waals surface area contributed by atoms with Crippen LogP contribution in [0.15, 0.2) is 24.5 Å². The van der Waals surface area contributed by atoms with Gasteiger partial charge in [0.05, 0.1) is 24.9 Å². The minimum Gasteiger partial charge on any atom is -0.495 e. The van der Waals surface area contributed by atoms with Gasteiger partial charge in [-0.3, -0.25) is 0 Å². The molecule has 2 aromatic rings.